The van der Waals surface area contributed by atoms with E-state index < -0.39 is 0 Å². The third-order valence-electron chi connectivity index (χ3n) is 5.16. The van der Waals surface area contributed by atoms with Gasteiger partial charge in [-0.2, -0.15) is 9.78 Å². The van der Waals surface area contributed by atoms with E-state index in [1.807, 2.05) is 50.2 Å². The SMILES string of the molecule is Cc1cccnc1-n1nc(C2CC2)nc1Cn1nc(C)c2ccccc2c1=O. The average molecular weight is 372 g/mol. The molecule has 1 fully saturated rings. The van der Waals surface area contributed by atoms with E-state index in [0.717, 1.165) is 41.1 Å². The molecule has 5 rings (SSSR count). The molecule has 0 spiro atoms. The molecular formula is C21H20N6O. The predicted molar refractivity (Wildman–Crippen MR) is 106 cm³/mol. The predicted octanol–water partition coefficient (Wildman–Crippen LogP) is 2.91. The summed E-state index contributed by atoms with van der Waals surface area (Å²) in [5.74, 6) is 2.65. The number of aromatic nitrogens is 6. The summed E-state index contributed by atoms with van der Waals surface area (Å²) in [4.78, 5) is 22.2. The molecule has 4 aromatic rings. The number of pyridine rings is 1. The molecule has 140 valence electrons. The molecule has 3 aromatic heterocycles. The van der Waals surface area contributed by atoms with Crippen molar-refractivity contribution in [3.05, 3.63) is 75.9 Å². The van der Waals surface area contributed by atoms with Crippen molar-refractivity contribution < 1.29 is 0 Å². The van der Waals surface area contributed by atoms with Gasteiger partial charge >= 0.3 is 0 Å². The maximum Gasteiger partial charge on any atom is 0.275 e. The smallest absolute Gasteiger partial charge is 0.267 e. The van der Waals surface area contributed by atoms with Crippen LogP contribution in [0.1, 0.15) is 41.7 Å². The molecule has 0 N–H and O–H groups in total. The lowest BCUT2D eigenvalue weighted by atomic mass is 10.1. The molecule has 0 radical (unpaired) electrons. The van der Waals surface area contributed by atoms with Crippen molar-refractivity contribution in [2.75, 3.05) is 0 Å². The van der Waals surface area contributed by atoms with Gasteiger partial charge in [-0.15, -0.1) is 5.10 Å². The molecule has 0 atom stereocenters. The lowest BCUT2D eigenvalue weighted by molar-refractivity contribution is 0.596. The maximum absolute atomic E-state index is 13.0. The Morgan fingerprint density at radius 1 is 1.04 bits per heavy atom. The van der Waals surface area contributed by atoms with Crippen molar-refractivity contribution in [3.63, 3.8) is 0 Å². The lowest BCUT2D eigenvalue weighted by Gasteiger charge is -2.10. The second kappa shape index (κ2) is 6.37. The third kappa shape index (κ3) is 2.79. The van der Waals surface area contributed by atoms with E-state index in [2.05, 4.69) is 10.1 Å². The highest BCUT2D eigenvalue weighted by atomic mass is 16.1. The maximum atomic E-state index is 13.0. The first-order chi connectivity index (χ1) is 13.6. The number of hydrogen-bond acceptors (Lipinski definition) is 5. The van der Waals surface area contributed by atoms with Crippen molar-refractivity contribution in [2.24, 2.45) is 0 Å². The van der Waals surface area contributed by atoms with Crippen LogP contribution in [0.25, 0.3) is 16.6 Å². The minimum absolute atomic E-state index is 0.124. The van der Waals surface area contributed by atoms with Crippen molar-refractivity contribution in [3.8, 4) is 5.82 Å². The number of nitrogens with zero attached hydrogens (tertiary/aromatic N) is 6. The van der Waals surface area contributed by atoms with Gasteiger partial charge in [0.15, 0.2) is 17.5 Å². The highest BCUT2D eigenvalue weighted by Gasteiger charge is 2.30. The van der Waals surface area contributed by atoms with Gasteiger partial charge in [0, 0.05) is 17.5 Å². The first-order valence-corrected chi connectivity index (χ1v) is 9.46. The zero-order valence-corrected chi connectivity index (χ0v) is 15.8. The fraction of sp³-hybridized carbons (Fsp3) is 0.286. The molecule has 0 amide bonds. The molecule has 0 unspecified atom stereocenters. The topological polar surface area (TPSA) is 78.5 Å². The summed E-state index contributed by atoms with van der Waals surface area (Å²) in [7, 11) is 0. The van der Waals surface area contributed by atoms with E-state index in [1.54, 1.807) is 10.9 Å². The minimum Gasteiger partial charge on any atom is -0.267 e. The van der Waals surface area contributed by atoms with Gasteiger partial charge in [-0.05, 0) is 44.4 Å². The molecule has 7 heteroatoms. The zero-order valence-electron chi connectivity index (χ0n) is 15.8. The Balaban J connectivity index is 1.65. The minimum atomic E-state index is -0.124. The number of benzene rings is 1. The van der Waals surface area contributed by atoms with Crippen LogP contribution in [-0.2, 0) is 6.54 Å². The fourth-order valence-corrected chi connectivity index (χ4v) is 3.49. The van der Waals surface area contributed by atoms with E-state index in [-0.39, 0.29) is 12.1 Å². The van der Waals surface area contributed by atoms with Crippen LogP contribution in [0.5, 0.6) is 0 Å². The molecule has 0 bridgehead atoms. The largest absolute Gasteiger partial charge is 0.275 e. The quantitative estimate of drug-likeness (QED) is 0.550. The van der Waals surface area contributed by atoms with E-state index in [4.69, 9.17) is 10.1 Å². The second-order valence-corrected chi connectivity index (χ2v) is 7.31. The van der Waals surface area contributed by atoms with E-state index in [0.29, 0.717) is 17.1 Å². The van der Waals surface area contributed by atoms with Crippen LogP contribution in [0, 0.1) is 13.8 Å². The molecule has 1 aliphatic rings. The summed E-state index contributed by atoms with van der Waals surface area (Å²) < 4.78 is 3.24. The van der Waals surface area contributed by atoms with Gasteiger partial charge in [-0.3, -0.25) is 4.79 Å². The van der Waals surface area contributed by atoms with Gasteiger partial charge in [-0.1, -0.05) is 24.3 Å². The standard InChI is InChI=1S/C21H20N6O/c1-13-6-5-11-22-20(13)27-18(23-19(25-27)15-9-10-15)12-26-21(28)17-8-4-3-7-16(17)14(2)24-26/h3-8,11,15H,9-10,12H2,1-2H3. The Labute approximate surface area is 161 Å². The molecule has 0 saturated heterocycles. The van der Waals surface area contributed by atoms with Crippen LogP contribution in [0.3, 0.4) is 0 Å². The van der Waals surface area contributed by atoms with E-state index in [9.17, 15) is 4.79 Å². The second-order valence-electron chi connectivity index (χ2n) is 7.31. The Kier molecular flexibility index (Phi) is 3.82. The van der Waals surface area contributed by atoms with Crippen molar-refractivity contribution in [2.45, 2.75) is 39.2 Å². The highest BCUT2D eigenvalue weighted by Crippen LogP contribution is 2.38. The number of hydrogen-bond donors (Lipinski definition) is 0. The van der Waals surface area contributed by atoms with Gasteiger partial charge in [0.2, 0.25) is 0 Å². The van der Waals surface area contributed by atoms with Gasteiger partial charge in [0.1, 0.15) is 6.54 Å². The number of rotatable bonds is 4. The van der Waals surface area contributed by atoms with Crippen LogP contribution >= 0.6 is 0 Å². The summed E-state index contributed by atoms with van der Waals surface area (Å²) >= 11 is 0. The van der Waals surface area contributed by atoms with Crippen molar-refractivity contribution in [1.82, 2.24) is 29.5 Å². The molecule has 3 heterocycles. The first-order valence-electron chi connectivity index (χ1n) is 9.46. The van der Waals surface area contributed by atoms with Gasteiger partial charge in [0.25, 0.3) is 5.56 Å². The summed E-state index contributed by atoms with van der Waals surface area (Å²) in [6.45, 7) is 4.16. The molecule has 1 saturated carbocycles. The Morgan fingerprint density at radius 3 is 2.57 bits per heavy atom. The molecule has 1 aromatic carbocycles. The summed E-state index contributed by atoms with van der Waals surface area (Å²) in [5, 5.41) is 10.8. The van der Waals surface area contributed by atoms with Gasteiger partial charge in [0.05, 0.1) is 11.1 Å². The molecule has 0 aliphatic heterocycles. The first kappa shape index (κ1) is 16.8. The summed E-state index contributed by atoms with van der Waals surface area (Å²) in [6.07, 6.45) is 3.96. The van der Waals surface area contributed by atoms with E-state index in [1.165, 1.54) is 4.68 Å². The summed E-state index contributed by atoms with van der Waals surface area (Å²) in [5.41, 5.74) is 1.70. The van der Waals surface area contributed by atoms with Crippen molar-refractivity contribution >= 4 is 10.8 Å². The Bertz CT molecular complexity index is 1250. The third-order valence-corrected chi connectivity index (χ3v) is 5.16. The summed E-state index contributed by atoms with van der Waals surface area (Å²) in [6, 6.07) is 11.5. The lowest BCUT2D eigenvalue weighted by Crippen LogP contribution is -2.26. The molecule has 1 aliphatic carbocycles. The van der Waals surface area contributed by atoms with Crippen LogP contribution < -0.4 is 5.56 Å². The van der Waals surface area contributed by atoms with Crippen LogP contribution in [0.2, 0.25) is 0 Å². The highest BCUT2D eigenvalue weighted by molar-refractivity contribution is 5.83. The average Bonchev–Trinajstić information content (AvgIpc) is 3.47. The fourth-order valence-electron chi connectivity index (χ4n) is 3.49. The zero-order chi connectivity index (χ0) is 19.3. The molecule has 28 heavy (non-hydrogen) atoms. The monoisotopic (exact) mass is 372 g/mol. The van der Waals surface area contributed by atoms with Crippen molar-refractivity contribution in [1.29, 1.82) is 0 Å². The normalized spacial score (nSPS) is 13.9. The van der Waals surface area contributed by atoms with Gasteiger partial charge in [-0.25, -0.2) is 14.6 Å². The Hall–Kier alpha value is -3.35. The molecular weight excluding hydrogens is 352 g/mol. The van der Waals surface area contributed by atoms with Crippen LogP contribution in [0.4, 0.5) is 0 Å². The Morgan fingerprint density at radius 2 is 1.82 bits per heavy atom. The van der Waals surface area contributed by atoms with Crippen LogP contribution in [-0.4, -0.2) is 29.5 Å². The molecule has 7 nitrogen and oxygen atoms in total. The van der Waals surface area contributed by atoms with E-state index >= 15 is 0 Å². The number of aryl methyl sites for hydroxylation is 2. The van der Waals surface area contributed by atoms with Gasteiger partial charge < -0.3 is 0 Å². The van der Waals surface area contributed by atoms with Crippen LogP contribution in [0.15, 0.2) is 47.4 Å². The number of fused-ring (bicyclic) bond motifs is 1.